The zero-order valence-electron chi connectivity index (χ0n) is 16.3. The fraction of sp³-hybridized carbons (Fsp3) is 0.600. The number of methoxy groups -OCH3 is 1. The average molecular weight is 486 g/mol. The number of nitrogens with zero attached hydrogens (tertiary/aromatic N) is 3. The molecule has 1 atom stereocenters. The number of nitrogens with one attached hydrogen (secondary N) is 1. The molecule has 0 spiro atoms. The van der Waals surface area contributed by atoms with Crippen molar-refractivity contribution in [3.63, 3.8) is 0 Å². The van der Waals surface area contributed by atoms with Crippen molar-refractivity contribution < 1.29 is 9.53 Å². The van der Waals surface area contributed by atoms with Crippen LogP contribution in [0.25, 0.3) is 0 Å². The maximum Gasteiger partial charge on any atom is 0.308 e. The van der Waals surface area contributed by atoms with Crippen molar-refractivity contribution in [2.75, 3.05) is 51.8 Å². The van der Waals surface area contributed by atoms with Crippen molar-refractivity contribution in [1.82, 2.24) is 10.2 Å². The fourth-order valence-electron chi connectivity index (χ4n) is 3.93. The summed E-state index contributed by atoms with van der Waals surface area (Å²) in [5.41, 5.74) is 1.31. The minimum atomic E-state index is -0.0837. The molecule has 2 aliphatic heterocycles. The quantitative estimate of drug-likeness (QED) is 0.307. The Kier molecular flexibility index (Phi) is 8.66. The Morgan fingerprint density at radius 2 is 1.89 bits per heavy atom. The first-order valence-electron chi connectivity index (χ1n) is 9.54. The standard InChI is InChI=1S/C20H30N4O2.HI/c1-21-20(23-12-9-17(10-13-23)19(25)26-2)22-14-16-8-11-24(15-16)18-6-4-3-5-7-18;/h3-7,16-17H,8-15H2,1-2H3,(H,21,22);1H. The minimum Gasteiger partial charge on any atom is -0.469 e. The number of hydrogen-bond donors (Lipinski definition) is 1. The lowest BCUT2D eigenvalue weighted by Crippen LogP contribution is -2.47. The second-order valence-corrected chi connectivity index (χ2v) is 7.15. The van der Waals surface area contributed by atoms with E-state index in [4.69, 9.17) is 4.74 Å². The predicted octanol–water partition coefficient (Wildman–Crippen LogP) is 2.59. The van der Waals surface area contributed by atoms with Crippen molar-refractivity contribution >= 4 is 41.6 Å². The number of anilines is 1. The van der Waals surface area contributed by atoms with Crippen LogP contribution in [0.4, 0.5) is 5.69 Å². The predicted molar refractivity (Wildman–Crippen MR) is 120 cm³/mol. The maximum absolute atomic E-state index is 11.7. The van der Waals surface area contributed by atoms with E-state index in [1.165, 1.54) is 19.2 Å². The molecule has 0 aliphatic carbocycles. The molecule has 6 nitrogen and oxygen atoms in total. The van der Waals surface area contributed by atoms with Gasteiger partial charge in [0, 0.05) is 45.5 Å². The van der Waals surface area contributed by atoms with E-state index < -0.39 is 0 Å². The second-order valence-electron chi connectivity index (χ2n) is 7.15. The Hall–Kier alpha value is -1.51. The van der Waals surface area contributed by atoms with Crippen molar-refractivity contribution in [2.24, 2.45) is 16.8 Å². The number of piperidine rings is 1. The highest BCUT2D eigenvalue weighted by atomic mass is 127. The topological polar surface area (TPSA) is 57.2 Å². The highest BCUT2D eigenvalue weighted by Gasteiger charge is 2.28. The molecule has 0 radical (unpaired) electrons. The van der Waals surface area contributed by atoms with E-state index in [-0.39, 0.29) is 35.9 Å². The van der Waals surface area contributed by atoms with E-state index in [1.54, 1.807) is 0 Å². The van der Waals surface area contributed by atoms with Gasteiger partial charge in [0.05, 0.1) is 13.0 Å². The number of carbonyl (C=O) groups excluding carboxylic acids is 1. The Balaban J connectivity index is 0.00000261. The maximum atomic E-state index is 11.7. The largest absolute Gasteiger partial charge is 0.469 e. The van der Waals surface area contributed by atoms with Crippen LogP contribution in [-0.4, -0.2) is 63.7 Å². The van der Waals surface area contributed by atoms with Crippen LogP contribution in [0, 0.1) is 11.8 Å². The SMILES string of the molecule is CN=C(NCC1CCN(c2ccccc2)C1)N1CCC(C(=O)OC)CC1.I. The number of esters is 1. The van der Waals surface area contributed by atoms with E-state index in [2.05, 4.69) is 50.4 Å². The van der Waals surface area contributed by atoms with Crippen LogP contribution in [-0.2, 0) is 9.53 Å². The number of hydrogen-bond acceptors (Lipinski definition) is 4. The summed E-state index contributed by atoms with van der Waals surface area (Å²) in [6.07, 6.45) is 2.86. The number of ether oxygens (including phenoxy) is 1. The van der Waals surface area contributed by atoms with Crippen molar-refractivity contribution in [1.29, 1.82) is 0 Å². The molecule has 2 aliphatic rings. The number of para-hydroxylation sites is 1. The summed E-state index contributed by atoms with van der Waals surface area (Å²) in [6, 6.07) is 10.6. The summed E-state index contributed by atoms with van der Waals surface area (Å²) >= 11 is 0. The molecule has 150 valence electrons. The number of aliphatic imine (C=N–C) groups is 1. The molecule has 27 heavy (non-hydrogen) atoms. The van der Waals surface area contributed by atoms with Gasteiger partial charge in [-0.1, -0.05) is 18.2 Å². The second kappa shape index (κ2) is 10.7. The van der Waals surface area contributed by atoms with Crippen molar-refractivity contribution in [3.8, 4) is 0 Å². The summed E-state index contributed by atoms with van der Waals surface area (Å²) in [5.74, 6) is 1.52. The summed E-state index contributed by atoms with van der Waals surface area (Å²) in [7, 11) is 3.30. The first-order valence-corrected chi connectivity index (χ1v) is 9.54. The number of guanidine groups is 1. The third-order valence-electron chi connectivity index (χ3n) is 5.50. The van der Waals surface area contributed by atoms with Gasteiger partial charge < -0.3 is 19.9 Å². The van der Waals surface area contributed by atoms with E-state index >= 15 is 0 Å². The fourth-order valence-corrected chi connectivity index (χ4v) is 3.93. The molecule has 2 heterocycles. The normalized spacial score (nSPS) is 21.0. The summed E-state index contributed by atoms with van der Waals surface area (Å²) in [6.45, 7) is 4.82. The molecule has 1 unspecified atom stereocenters. The molecule has 0 bridgehead atoms. The smallest absolute Gasteiger partial charge is 0.308 e. The lowest BCUT2D eigenvalue weighted by Gasteiger charge is -2.33. The van der Waals surface area contributed by atoms with E-state index in [0.29, 0.717) is 5.92 Å². The number of likely N-dealkylation sites (tertiary alicyclic amines) is 1. The van der Waals surface area contributed by atoms with Gasteiger partial charge in [0.15, 0.2) is 5.96 Å². The summed E-state index contributed by atoms with van der Waals surface area (Å²) in [5, 5.41) is 3.54. The lowest BCUT2D eigenvalue weighted by atomic mass is 9.97. The van der Waals surface area contributed by atoms with Gasteiger partial charge in [-0.15, -0.1) is 24.0 Å². The van der Waals surface area contributed by atoms with Crippen molar-refractivity contribution in [3.05, 3.63) is 30.3 Å². The molecule has 0 saturated carbocycles. The van der Waals surface area contributed by atoms with Gasteiger partial charge in [0.1, 0.15) is 0 Å². The first kappa shape index (κ1) is 21.8. The van der Waals surface area contributed by atoms with Gasteiger partial charge >= 0.3 is 5.97 Å². The Morgan fingerprint density at radius 1 is 1.19 bits per heavy atom. The van der Waals surface area contributed by atoms with E-state index in [0.717, 1.165) is 51.5 Å². The molecule has 2 fully saturated rings. The van der Waals surface area contributed by atoms with Crippen LogP contribution in [0.15, 0.2) is 35.3 Å². The van der Waals surface area contributed by atoms with Gasteiger partial charge in [0.25, 0.3) is 0 Å². The molecule has 0 aromatic heterocycles. The van der Waals surface area contributed by atoms with Crippen LogP contribution in [0.2, 0.25) is 0 Å². The molecule has 1 aromatic rings. The van der Waals surface area contributed by atoms with E-state index in [9.17, 15) is 4.79 Å². The van der Waals surface area contributed by atoms with Gasteiger partial charge in [-0.3, -0.25) is 9.79 Å². The lowest BCUT2D eigenvalue weighted by molar-refractivity contribution is -0.146. The third-order valence-corrected chi connectivity index (χ3v) is 5.50. The monoisotopic (exact) mass is 486 g/mol. The van der Waals surface area contributed by atoms with Crippen LogP contribution in [0.5, 0.6) is 0 Å². The Bertz CT molecular complexity index is 618. The molecule has 3 rings (SSSR count). The van der Waals surface area contributed by atoms with Crippen LogP contribution in [0.3, 0.4) is 0 Å². The van der Waals surface area contributed by atoms with Crippen LogP contribution in [0.1, 0.15) is 19.3 Å². The minimum absolute atomic E-state index is 0. The summed E-state index contributed by atoms with van der Waals surface area (Å²) in [4.78, 5) is 20.8. The van der Waals surface area contributed by atoms with Crippen LogP contribution < -0.4 is 10.2 Å². The number of halogens is 1. The summed E-state index contributed by atoms with van der Waals surface area (Å²) < 4.78 is 4.87. The molecule has 7 heteroatoms. The number of rotatable bonds is 4. The zero-order chi connectivity index (χ0) is 18.4. The molecular weight excluding hydrogens is 455 g/mol. The first-order chi connectivity index (χ1) is 12.7. The van der Waals surface area contributed by atoms with Crippen molar-refractivity contribution in [2.45, 2.75) is 19.3 Å². The highest BCUT2D eigenvalue weighted by Crippen LogP contribution is 2.23. The van der Waals surface area contributed by atoms with E-state index in [1.807, 2.05) is 7.05 Å². The highest BCUT2D eigenvalue weighted by molar-refractivity contribution is 14.0. The van der Waals surface area contributed by atoms with Crippen LogP contribution >= 0.6 is 24.0 Å². The third kappa shape index (κ3) is 5.73. The molecule has 1 aromatic carbocycles. The van der Waals surface area contributed by atoms with Gasteiger partial charge in [-0.2, -0.15) is 0 Å². The van der Waals surface area contributed by atoms with Gasteiger partial charge in [-0.25, -0.2) is 0 Å². The number of carbonyl (C=O) groups is 1. The Morgan fingerprint density at radius 3 is 2.52 bits per heavy atom. The molecule has 1 N–H and O–H groups in total. The number of benzene rings is 1. The molecule has 2 saturated heterocycles. The van der Waals surface area contributed by atoms with Gasteiger partial charge in [0.2, 0.25) is 0 Å². The zero-order valence-corrected chi connectivity index (χ0v) is 18.6. The molecular formula is C20H31IN4O2. The molecule has 0 amide bonds. The average Bonchev–Trinajstić information content (AvgIpc) is 3.18. The Labute approximate surface area is 179 Å². The van der Waals surface area contributed by atoms with Gasteiger partial charge in [-0.05, 0) is 37.3 Å².